The van der Waals surface area contributed by atoms with Crippen LogP contribution in [0.25, 0.3) is 0 Å². The van der Waals surface area contributed by atoms with Gasteiger partial charge in [-0.2, -0.15) is 0 Å². The van der Waals surface area contributed by atoms with Gasteiger partial charge >= 0.3 is 5.97 Å². The van der Waals surface area contributed by atoms with Gasteiger partial charge in [-0.05, 0) is 38.0 Å². The zero-order chi connectivity index (χ0) is 13.6. The second-order valence-corrected chi connectivity index (χ2v) is 4.86. The summed E-state index contributed by atoms with van der Waals surface area (Å²) < 4.78 is 0. The highest BCUT2D eigenvalue weighted by molar-refractivity contribution is 5.79. The van der Waals surface area contributed by atoms with Crippen LogP contribution in [0.2, 0.25) is 0 Å². The van der Waals surface area contributed by atoms with Crippen molar-refractivity contribution in [3.63, 3.8) is 0 Å². The van der Waals surface area contributed by atoms with Crippen molar-refractivity contribution in [1.29, 1.82) is 0 Å². The largest absolute Gasteiger partial charge is 0.481 e. The van der Waals surface area contributed by atoms with E-state index in [2.05, 4.69) is 10.3 Å². The molecule has 2 N–H and O–H groups in total. The first kappa shape index (κ1) is 14.2. The Morgan fingerprint density at radius 1 is 1.33 bits per heavy atom. The lowest BCUT2D eigenvalue weighted by Crippen LogP contribution is -2.44. The first-order valence-corrected chi connectivity index (χ1v) is 5.81. The predicted octanol–water partition coefficient (Wildman–Crippen LogP) is 1.38. The van der Waals surface area contributed by atoms with Crippen molar-refractivity contribution in [1.82, 2.24) is 10.3 Å². The van der Waals surface area contributed by atoms with E-state index >= 15 is 0 Å². The number of rotatable bonds is 6. The standard InChI is InChI=1S/C13H18N2O3/c1-13(2,6-3-12(17)18)15-11(16)9-10-4-7-14-8-5-10/h4-5,7-8H,3,6,9H2,1-2H3,(H,15,16)(H,17,18). The van der Waals surface area contributed by atoms with Gasteiger partial charge in [0.1, 0.15) is 0 Å². The molecule has 0 fully saturated rings. The monoisotopic (exact) mass is 250 g/mol. The van der Waals surface area contributed by atoms with Crippen LogP contribution in [0.5, 0.6) is 0 Å². The fourth-order valence-electron chi connectivity index (χ4n) is 1.59. The highest BCUT2D eigenvalue weighted by Gasteiger charge is 2.21. The van der Waals surface area contributed by atoms with Crippen molar-refractivity contribution in [2.75, 3.05) is 0 Å². The van der Waals surface area contributed by atoms with Crippen molar-refractivity contribution in [2.24, 2.45) is 0 Å². The van der Waals surface area contributed by atoms with E-state index in [4.69, 9.17) is 5.11 Å². The minimum atomic E-state index is -0.855. The summed E-state index contributed by atoms with van der Waals surface area (Å²) in [5.41, 5.74) is 0.374. The molecule has 0 bridgehead atoms. The van der Waals surface area contributed by atoms with Crippen molar-refractivity contribution < 1.29 is 14.7 Å². The summed E-state index contributed by atoms with van der Waals surface area (Å²) >= 11 is 0. The lowest BCUT2D eigenvalue weighted by Gasteiger charge is -2.25. The molecule has 0 spiro atoms. The van der Waals surface area contributed by atoms with Crippen LogP contribution in [0.3, 0.4) is 0 Å². The quantitative estimate of drug-likeness (QED) is 0.799. The smallest absolute Gasteiger partial charge is 0.303 e. The molecule has 5 heteroatoms. The Kier molecular flexibility index (Phi) is 4.83. The van der Waals surface area contributed by atoms with Gasteiger partial charge in [0.25, 0.3) is 0 Å². The molecule has 0 saturated carbocycles. The third-order valence-electron chi connectivity index (χ3n) is 2.56. The SMILES string of the molecule is CC(C)(CCC(=O)O)NC(=O)Cc1ccncc1. The van der Waals surface area contributed by atoms with Crippen LogP contribution in [0.4, 0.5) is 0 Å². The molecule has 18 heavy (non-hydrogen) atoms. The molecule has 0 unspecified atom stereocenters. The molecule has 0 aliphatic heterocycles. The zero-order valence-electron chi connectivity index (χ0n) is 10.6. The molecule has 0 aliphatic rings. The molecule has 1 heterocycles. The Morgan fingerprint density at radius 2 is 1.94 bits per heavy atom. The van der Waals surface area contributed by atoms with Crippen molar-refractivity contribution in [3.05, 3.63) is 30.1 Å². The van der Waals surface area contributed by atoms with Crippen molar-refractivity contribution in [2.45, 2.75) is 38.6 Å². The number of amides is 1. The predicted molar refractivity (Wildman–Crippen MR) is 67.0 cm³/mol. The summed E-state index contributed by atoms with van der Waals surface area (Å²) in [6.07, 6.45) is 4.00. The summed E-state index contributed by atoms with van der Waals surface area (Å²) in [6, 6.07) is 3.56. The number of aromatic nitrogens is 1. The zero-order valence-corrected chi connectivity index (χ0v) is 10.6. The molecule has 98 valence electrons. The van der Waals surface area contributed by atoms with E-state index in [9.17, 15) is 9.59 Å². The highest BCUT2D eigenvalue weighted by atomic mass is 16.4. The van der Waals surface area contributed by atoms with E-state index in [1.807, 2.05) is 13.8 Å². The van der Waals surface area contributed by atoms with E-state index < -0.39 is 11.5 Å². The fourth-order valence-corrected chi connectivity index (χ4v) is 1.59. The molecule has 1 amide bonds. The summed E-state index contributed by atoms with van der Waals surface area (Å²) in [6.45, 7) is 3.64. The molecule has 0 aromatic carbocycles. The minimum Gasteiger partial charge on any atom is -0.481 e. The molecule has 0 atom stereocenters. The van der Waals surface area contributed by atoms with Gasteiger partial charge in [0.15, 0.2) is 0 Å². The molecule has 5 nitrogen and oxygen atoms in total. The molecule has 0 aliphatic carbocycles. The maximum Gasteiger partial charge on any atom is 0.303 e. The lowest BCUT2D eigenvalue weighted by molar-refractivity contribution is -0.137. The third kappa shape index (κ3) is 5.43. The van der Waals surface area contributed by atoms with Crippen LogP contribution in [0, 0.1) is 0 Å². The topological polar surface area (TPSA) is 79.3 Å². The molecular weight excluding hydrogens is 232 g/mol. The number of aliphatic carboxylic acids is 1. The van der Waals surface area contributed by atoms with Gasteiger partial charge < -0.3 is 10.4 Å². The average Bonchev–Trinajstić information content (AvgIpc) is 2.27. The van der Waals surface area contributed by atoms with E-state index in [0.29, 0.717) is 6.42 Å². The maximum atomic E-state index is 11.8. The first-order chi connectivity index (χ1) is 8.39. The fraction of sp³-hybridized carbons (Fsp3) is 0.462. The molecule has 1 aromatic heterocycles. The van der Waals surface area contributed by atoms with Crippen LogP contribution in [-0.4, -0.2) is 27.5 Å². The number of hydrogen-bond donors (Lipinski definition) is 2. The van der Waals surface area contributed by atoms with Gasteiger partial charge in [0.2, 0.25) is 5.91 Å². The number of carbonyl (C=O) groups is 2. The van der Waals surface area contributed by atoms with E-state index in [1.165, 1.54) is 0 Å². The van der Waals surface area contributed by atoms with Crippen molar-refractivity contribution >= 4 is 11.9 Å². The average molecular weight is 250 g/mol. The van der Waals surface area contributed by atoms with Crippen LogP contribution in [0.15, 0.2) is 24.5 Å². The lowest BCUT2D eigenvalue weighted by atomic mass is 9.98. The van der Waals surface area contributed by atoms with Gasteiger partial charge in [-0.25, -0.2) is 0 Å². The van der Waals surface area contributed by atoms with E-state index in [1.54, 1.807) is 24.5 Å². The Morgan fingerprint density at radius 3 is 2.50 bits per heavy atom. The number of carbonyl (C=O) groups excluding carboxylic acids is 1. The summed E-state index contributed by atoms with van der Waals surface area (Å²) in [5.74, 6) is -0.969. The summed E-state index contributed by atoms with van der Waals surface area (Å²) in [4.78, 5) is 26.2. The van der Waals surface area contributed by atoms with Crippen molar-refractivity contribution in [3.8, 4) is 0 Å². The Bertz CT molecular complexity index is 416. The van der Waals surface area contributed by atoms with Gasteiger partial charge in [0.05, 0.1) is 6.42 Å². The Hall–Kier alpha value is -1.91. The second-order valence-electron chi connectivity index (χ2n) is 4.86. The van der Waals surface area contributed by atoms with Gasteiger partial charge in [-0.1, -0.05) is 0 Å². The Labute approximate surface area is 106 Å². The number of carboxylic acids is 1. The van der Waals surface area contributed by atoms with Crippen LogP contribution >= 0.6 is 0 Å². The highest BCUT2D eigenvalue weighted by Crippen LogP contribution is 2.11. The molecular formula is C13H18N2O3. The first-order valence-electron chi connectivity index (χ1n) is 5.81. The minimum absolute atomic E-state index is 0.0442. The number of nitrogens with one attached hydrogen (secondary N) is 1. The normalized spacial score (nSPS) is 11.0. The maximum absolute atomic E-state index is 11.8. The third-order valence-corrected chi connectivity index (χ3v) is 2.56. The second kappa shape index (κ2) is 6.14. The van der Waals surface area contributed by atoms with Crippen LogP contribution < -0.4 is 5.32 Å². The molecule has 0 saturated heterocycles. The molecule has 0 radical (unpaired) electrons. The van der Waals surface area contributed by atoms with Crippen LogP contribution in [0.1, 0.15) is 32.3 Å². The van der Waals surface area contributed by atoms with Gasteiger partial charge in [-0.15, -0.1) is 0 Å². The summed E-state index contributed by atoms with van der Waals surface area (Å²) in [5, 5.41) is 11.5. The number of nitrogens with zero attached hydrogens (tertiary/aromatic N) is 1. The van der Waals surface area contributed by atoms with Gasteiger partial charge in [-0.3, -0.25) is 14.6 Å². The summed E-state index contributed by atoms with van der Waals surface area (Å²) in [7, 11) is 0. The molecule has 1 aromatic rings. The number of hydrogen-bond acceptors (Lipinski definition) is 3. The Balaban J connectivity index is 2.46. The number of pyridine rings is 1. The van der Waals surface area contributed by atoms with Crippen LogP contribution in [-0.2, 0) is 16.0 Å². The van der Waals surface area contributed by atoms with E-state index in [0.717, 1.165) is 5.56 Å². The van der Waals surface area contributed by atoms with E-state index in [-0.39, 0.29) is 18.7 Å². The van der Waals surface area contributed by atoms with Gasteiger partial charge in [0, 0.05) is 24.4 Å². The molecule has 1 rings (SSSR count). The number of carboxylic acid groups (broad SMARTS) is 1.